The Bertz CT molecular complexity index is 817. The number of likely N-dealkylation sites (N-methyl/N-ethyl adjacent to an activating group) is 1. The van der Waals surface area contributed by atoms with Crippen molar-refractivity contribution in [2.24, 2.45) is 17.8 Å². The summed E-state index contributed by atoms with van der Waals surface area (Å²) < 4.78 is 0. The van der Waals surface area contributed by atoms with Crippen molar-refractivity contribution in [3.63, 3.8) is 0 Å². The van der Waals surface area contributed by atoms with E-state index in [9.17, 15) is 14.4 Å². The van der Waals surface area contributed by atoms with E-state index in [0.717, 1.165) is 11.1 Å². The second-order valence-electron chi connectivity index (χ2n) is 8.97. The van der Waals surface area contributed by atoms with Crippen molar-refractivity contribution in [1.29, 1.82) is 0 Å². The van der Waals surface area contributed by atoms with Crippen LogP contribution >= 0.6 is 0 Å². The fourth-order valence-electron chi connectivity index (χ4n) is 4.51. The van der Waals surface area contributed by atoms with Crippen LogP contribution in [0.2, 0.25) is 0 Å². The Morgan fingerprint density at radius 1 is 1.10 bits per heavy atom. The molecule has 1 aliphatic heterocycles. The van der Waals surface area contributed by atoms with Crippen LogP contribution in [0.4, 0.5) is 0 Å². The number of rotatable bonds is 6. The maximum Gasteiger partial charge on any atom is 0.245 e. The summed E-state index contributed by atoms with van der Waals surface area (Å²) in [5, 5.41) is 0. The molecule has 1 aliphatic carbocycles. The van der Waals surface area contributed by atoms with Crippen LogP contribution in [-0.2, 0) is 20.9 Å². The zero-order valence-corrected chi connectivity index (χ0v) is 18.1. The molecule has 0 N–H and O–H groups in total. The van der Waals surface area contributed by atoms with Crippen molar-refractivity contribution >= 4 is 17.7 Å². The lowest BCUT2D eigenvalue weighted by Gasteiger charge is -2.31. The van der Waals surface area contributed by atoms with Gasteiger partial charge in [0.05, 0.1) is 11.8 Å². The van der Waals surface area contributed by atoms with Gasteiger partial charge in [0.2, 0.25) is 17.7 Å². The molecule has 3 rings (SSSR count). The third kappa shape index (κ3) is 4.29. The molecule has 5 heteroatoms. The summed E-state index contributed by atoms with van der Waals surface area (Å²) in [4.78, 5) is 42.5. The molecule has 2 aliphatic rings. The minimum absolute atomic E-state index is 0.160. The van der Waals surface area contributed by atoms with Gasteiger partial charge in [0.1, 0.15) is 6.04 Å². The Kier molecular flexibility index (Phi) is 6.25. The summed E-state index contributed by atoms with van der Waals surface area (Å²) in [6.45, 7) is 8.58. The van der Waals surface area contributed by atoms with Gasteiger partial charge < -0.3 is 4.90 Å². The lowest BCUT2D eigenvalue weighted by Crippen LogP contribution is -2.51. The molecule has 0 saturated carbocycles. The quantitative estimate of drug-likeness (QED) is 0.545. The molecule has 1 aromatic carbocycles. The average Bonchev–Trinajstić information content (AvgIpc) is 2.92. The molecule has 156 valence electrons. The van der Waals surface area contributed by atoms with Crippen LogP contribution in [0.3, 0.4) is 0 Å². The van der Waals surface area contributed by atoms with E-state index in [-0.39, 0.29) is 35.5 Å². The van der Waals surface area contributed by atoms with Gasteiger partial charge in [0.15, 0.2) is 0 Å². The molecular weight excluding hydrogens is 364 g/mol. The Morgan fingerprint density at radius 2 is 1.69 bits per heavy atom. The van der Waals surface area contributed by atoms with Gasteiger partial charge in [-0.25, -0.2) is 0 Å². The molecule has 3 atom stereocenters. The first-order valence-electron chi connectivity index (χ1n) is 10.5. The van der Waals surface area contributed by atoms with E-state index in [4.69, 9.17) is 0 Å². The molecule has 1 fully saturated rings. The van der Waals surface area contributed by atoms with Gasteiger partial charge in [0.25, 0.3) is 0 Å². The van der Waals surface area contributed by atoms with Gasteiger partial charge in [-0.3, -0.25) is 19.3 Å². The molecule has 0 radical (unpaired) electrons. The number of nitrogens with zero attached hydrogens (tertiary/aromatic N) is 2. The summed E-state index contributed by atoms with van der Waals surface area (Å²) >= 11 is 0. The monoisotopic (exact) mass is 396 g/mol. The molecule has 29 heavy (non-hydrogen) atoms. The highest BCUT2D eigenvalue weighted by Crippen LogP contribution is 2.37. The summed E-state index contributed by atoms with van der Waals surface area (Å²) in [5.74, 6) is -0.933. The number of carbonyl (C=O) groups is 3. The highest BCUT2D eigenvalue weighted by molar-refractivity contribution is 6.08. The van der Waals surface area contributed by atoms with Crippen LogP contribution in [0.1, 0.15) is 49.8 Å². The van der Waals surface area contributed by atoms with Crippen LogP contribution in [0.25, 0.3) is 0 Å². The van der Waals surface area contributed by atoms with Gasteiger partial charge in [-0.15, -0.1) is 0 Å². The number of likely N-dealkylation sites (tertiary alicyclic amines) is 1. The smallest absolute Gasteiger partial charge is 0.245 e. The van der Waals surface area contributed by atoms with Crippen LogP contribution in [0.15, 0.2) is 30.4 Å². The summed E-state index contributed by atoms with van der Waals surface area (Å²) in [6, 6.07) is 5.46. The minimum Gasteiger partial charge on any atom is -0.340 e. The van der Waals surface area contributed by atoms with Crippen molar-refractivity contribution in [1.82, 2.24) is 9.80 Å². The second kappa shape index (κ2) is 8.52. The number of hydrogen-bond acceptors (Lipinski definition) is 3. The predicted molar refractivity (Wildman–Crippen MR) is 113 cm³/mol. The fraction of sp³-hybridized carbons (Fsp3) is 0.542. The normalized spacial score (nSPS) is 22.2. The van der Waals surface area contributed by atoms with E-state index in [2.05, 4.69) is 6.07 Å². The number of aryl methyl sites for hydroxylation is 2. The molecule has 5 nitrogen and oxygen atoms in total. The Morgan fingerprint density at radius 3 is 2.21 bits per heavy atom. The molecule has 0 spiro atoms. The van der Waals surface area contributed by atoms with Crippen LogP contribution in [-0.4, -0.2) is 40.6 Å². The number of fused-ring (bicyclic) bond motifs is 1. The first-order valence-corrected chi connectivity index (χ1v) is 10.5. The van der Waals surface area contributed by atoms with Gasteiger partial charge in [-0.1, -0.05) is 49.8 Å². The van der Waals surface area contributed by atoms with Crippen LogP contribution < -0.4 is 0 Å². The SMILES string of the molecule is Cc1ccc(CN(C)C(=O)C(CC(C)C)N2C(=O)C3CC=CCC3C2=O)c(C)c1. The maximum absolute atomic E-state index is 13.4. The van der Waals surface area contributed by atoms with Crippen molar-refractivity contribution in [3.8, 4) is 0 Å². The topological polar surface area (TPSA) is 57.7 Å². The molecule has 1 heterocycles. The number of hydrogen-bond donors (Lipinski definition) is 0. The second-order valence-corrected chi connectivity index (χ2v) is 8.97. The molecule has 1 saturated heterocycles. The van der Waals surface area contributed by atoms with Gasteiger partial charge >= 0.3 is 0 Å². The predicted octanol–water partition coefficient (Wildman–Crippen LogP) is 3.63. The van der Waals surface area contributed by atoms with E-state index < -0.39 is 6.04 Å². The van der Waals surface area contributed by atoms with Crippen molar-refractivity contribution in [2.75, 3.05) is 7.05 Å². The first kappa shape index (κ1) is 21.3. The van der Waals surface area contributed by atoms with Crippen LogP contribution in [0, 0.1) is 31.6 Å². The lowest BCUT2D eigenvalue weighted by atomic mass is 9.85. The number of imide groups is 1. The third-order valence-electron chi connectivity index (χ3n) is 6.11. The zero-order chi connectivity index (χ0) is 21.3. The minimum atomic E-state index is -0.726. The number of allylic oxidation sites excluding steroid dienone is 2. The van der Waals surface area contributed by atoms with Crippen molar-refractivity contribution < 1.29 is 14.4 Å². The number of benzene rings is 1. The van der Waals surface area contributed by atoms with E-state index in [0.29, 0.717) is 25.8 Å². The largest absolute Gasteiger partial charge is 0.340 e. The van der Waals surface area contributed by atoms with E-state index in [1.807, 2.05) is 52.0 Å². The van der Waals surface area contributed by atoms with Crippen molar-refractivity contribution in [3.05, 3.63) is 47.0 Å². The molecular formula is C24H32N2O3. The highest BCUT2D eigenvalue weighted by atomic mass is 16.2. The fourth-order valence-corrected chi connectivity index (χ4v) is 4.51. The van der Waals surface area contributed by atoms with E-state index >= 15 is 0 Å². The lowest BCUT2D eigenvalue weighted by molar-refractivity contribution is -0.152. The standard InChI is InChI=1S/C24H32N2O3/c1-15(2)12-21(26-22(27)19-8-6-7-9-20(19)23(26)28)24(29)25(5)14-18-11-10-16(3)13-17(18)4/h6-7,10-11,13,15,19-21H,8-9,12,14H2,1-5H3. The van der Waals surface area contributed by atoms with Gasteiger partial charge in [-0.2, -0.15) is 0 Å². The molecule has 0 aromatic heterocycles. The summed E-state index contributed by atoms with van der Waals surface area (Å²) in [7, 11) is 1.76. The number of amides is 3. The van der Waals surface area contributed by atoms with Gasteiger partial charge in [-0.05, 0) is 50.2 Å². The first-order chi connectivity index (χ1) is 13.7. The number of carbonyl (C=O) groups excluding carboxylic acids is 3. The van der Waals surface area contributed by atoms with Crippen LogP contribution in [0.5, 0.6) is 0 Å². The molecule has 3 unspecified atom stereocenters. The Hall–Kier alpha value is -2.43. The third-order valence-corrected chi connectivity index (χ3v) is 6.11. The summed E-state index contributed by atoms with van der Waals surface area (Å²) in [5.41, 5.74) is 3.39. The van der Waals surface area contributed by atoms with E-state index in [1.165, 1.54) is 10.5 Å². The van der Waals surface area contributed by atoms with E-state index in [1.54, 1.807) is 11.9 Å². The molecule has 0 bridgehead atoms. The Balaban J connectivity index is 1.83. The molecule has 3 amide bonds. The van der Waals surface area contributed by atoms with Crippen molar-refractivity contribution in [2.45, 2.75) is 59.5 Å². The average molecular weight is 397 g/mol. The molecule has 1 aromatic rings. The highest BCUT2D eigenvalue weighted by Gasteiger charge is 2.51. The zero-order valence-electron chi connectivity index (χ0n) is 18.1. The summed E-state index contributed by atoms with van der Waals surface area (Å²) in [6.07, 6.45) is 5.61. The van der Waals surface area contributed by atoms with Gasteiger partial charge in [0, 0.05) is 13.6 Å². The maximum atomic E-state index is 13.4. The Labute approximate surface area is 173 Å².